The lowest BCUT2D eigenvalue weighted by atomic mass is 10.3. The Labute approximate surface area is 231 Å². The molecule has 3 heteroatoms. The van der Waals surface area contributed by atoms with Gasteiger partial charge in [-0.2, -0.15) is 0 Å². The number of unbranched alkanes of at least 4 members (excludes halogenated alkanes) is 4. The lowest BCUT2D eigenvalue weighted by Gasteiger charge is -1.82. The Morgan fingerprint density at radius 3 is 0.568 bits per heavy atom. The number of benzene rings is 3. The molecule has 0 aromatic heterocycles. The molecule has 0 bridgehead atoms. The number of phenols is 3. The number of hydrogen-bond acceptors (Lipinski definition) is 3. The van der Waals surface area contributed by atoms with Crippen LogP contribution in [0.1, 0.15) is 108 Å². The molecule has 3 rings (SSSR count). The van der Waals surface area contributed by atoms with Crippen molar-refractivity contribution in [1.82, 2.24) is 0 Å². The minimum atomic E-state index is 0.322. The Morgan fingerprint density at radius 2 is 0.514 bits per heavy atom. The summed E-state index contributed by atoms with van der Waals surface area (Å²) in [6, 6.07) is 26.1. The average Bonchev–Trinajstić information content (AvgIpc) is 2.96. The predicted molar refractivity (Wildman–Crippen MR) is 169 cm³/mol. The fourth-order valence-corrected chi connectivity index (χ4v) is 1.99. The monoisotopic (exact) mass is 516 g/mol. The molecular formula is C34H60O3. The molecule has 3 aromatic carbocycles. The van der Waals surface area contributed by atoms with Crippen LogP contribution in [0.5, 0.6) is 17.2 Å². The van der Waals surface area contributed by atoms with E-state index in [-0.39, 0.29) is 0 Å². The molecule has 3 nitrogen and oxygen atoms in total. The first-order valence-electron chi connectivity index (χ1n) is 14.2. The molecule has 0 aliphatic rings. The van der Waals surface area contributed by atoms with Crippen LogP contribution in [0.4, 0.5) is 0 Å². The van der Waals surface area contributed by atoms with Crippen LogP contribution in [0.3, 0.4) is 0 Å². The summed E-state index contributed by atoms with van der Waals surface area (Å²) < 4.78 is 0. The van der Waals surface area contributed by atoms with E-state index in [1.165, 1.54) is 38.5 Å². The number of phenolic OH excluding ortho intramolecular Hbond substituents is 3. The van der Waals surface area contributed by atoms with Gasteiger partial charge in [0.05, 0.1) is 0 Å². The Balaban J connectivity index is -0.000000110. The highest BCUT2D eigenvalue weighted by Crippen LogP contribution is 2.04. The molecule has 37 heavy (non-hydrogen) atoms. The summed E-state index contributed by atoms with van der Waals surface area (Å²) in [7, 11) is 0. The first-order valence-corrected chi connectivity index (χ1v) is 14.2. The zero-order valence-corrected chi connectivity index (χ0v) is 25.7. The number of rotatable bonds is 4. The predicted octanol–water partition coefficient (Wildman–Crippen LogP) is 11.6. The van der Waals surface area contributed by atoms with Gasteiger partial charge in [-0.25, -0.2) is 0 Å². The second-order valence-electron chi connectivity index (χ2n) is 6.71. The minimum absolute atomic E-state index is 0.322. The second-order valence-corrected chi connectivity index (χ2v) is 6.71. The van der Waals surface area contributed by atoms with Gasteiger partial charge in [-0.3, -0.25) is 0 Å². The molecule has 214 valence electrons. The lowest BCUT2D eigenvalue weighted by molar-refractivity contribution is 0.475. The van der Waals surface area contributed by atoms with Crippen molar-refractivity contribution in [3.05, 3.63) is 91.0 Å². The van der Waals surface area contributed by atoms with Gasteiger partial charge in [0, 0.05) is 0 Å². The second kappa shape index (κ2) is 46.4. The van der Waals surface area contributed by atoms with Crippen LogP contribution < -0.4 is 0 Å². The topological polar surface area (TPSA) is 60.7 Å². The first kappa shape index (κ1) is 44.1. The Hall–Kier alpha value is -2.94. The fourth-order valence-electron chi connectivity index (χ4n) is 1.99. The van der Waals surface area contributed by atoms with E-state index >= 15 is 0 Å². The van der Waals surface area contributed by atoms with Crippen LogP contribution in [0, 0.1) is 0 Å². The Morgan fingerprint density at radius 1 is 0.351 bits per heavy atom. The summed E-state index contributed by atoms with van der Waals surface area (Å²) in [5.74, 6) is 0.965. The molecule has 3 N–H and O–H groups in total. The van der Waals surface area contributed by atoms with Crippen LogP contribution in [-0.4, -0.2) is 15.3 Å². The van der Waals surface area contributed by atoms with Crippen molar-refractivity contribution in [2.75, 3.05) is 0 Å². The summed E-state index contributed by atoms with van der Waals surface area (Å²) in [5, 5.41) is 25.9. The van der Waals surface area contributed by atoms with Gasteiger partial charge < -0.3 is 15.3 Å². The molecule has 0 aliphatic carbocycles. The van der Waals surface area contributed by atoms with Gasteiger partial charge in [-0.15, -0.1) is 0 Å². The maximum atomic E-state index is 8.63. The van der Waals surface area contributed by atoms with Crippen molar-refractivity contribution in [3.63, 3.8) is 0 Å². The average molecular weight is 517 g/mol. The highest BCUT2D eigenvalue weighted by molar-refractivity contribution is 5.19. The summed E-state index contributed by atoms with van der Waals surface area (Å²) in [6.07, 6.45) is 8.15. The molecule has 0 aliphatic heterocycles. The van der Waals surface area contributed by atoms with Gasteiger partial charge in [-0.05, 0) is 36.4 Å². The summed E-state index contributed by atoms with van der Waals surface area (Å²) in [5.41, 5.74) is 0. The normalized spacial score (nSPS) is 7.62. The number of para-hydroxylation sites is 3. The zero-order chi connectivity index (χ0) is 29.6. The zero-order valence-electron chi connectivity index (χ0n) is 25.7. The Kier molecular flexibility index (Phi) is 55.3. The molecule has 0 fully saturated rings. The van der Waals surface area contributed by atoms with Crippen molar-refractivity contribution in [2.24, 2.45) is 0 Å². The van der Waals surface area contributed by atoms with Crippen LogP contribution >= 0.6 is 0 Å². The lowest BCUT2D eigenvalue weighted by Crippen LogP contribution is -1.59. The molecule has 0 saturated carbocycles. The molecular weight excluding hydrogens is 456 g/mol. The molecule has 0 unspecified atom stereocenters. The van der Waals surface area contributed by atoms with Crippen LogP contribution in [0.25, 0.3) is 0 Å². The van der Waals surface area contributed by atoms with Gasteiger partial charge in [-0.1, -0.05) is 162 Å². The van der Waals surface area contributed by atoms with Gasteiger partial charge >= 0.3 is 0 Å². The van der Waals surface area contributed by atoms with Crippen molar-refractivity contribution in [1.29, 1.82) is 0 Å². The smallest absolute Gasteiger partial charge is 0.115 e. The third kappa shape index (κ3) is 50.8. The van der Waals surface area contributed by atoms with Crippen LogP contribution in [0.2, 0.25) is 0 Å². The van der Waals surface area contributed by atoms with Gasteiger partial charge in [0.25, 0.3) is 0 Å². The molecule has 0 atom stereocenters. The van der Waals surface area contributed by atoms with E-state index < -0.39 is 0 Å². The summed E-state index contributed by atoms with van der Waals surface area (Å²) >= 11 is 0. The van der Waals surface area contributed by atoms with Crippen LogP contribution in [-0.2, 0) is 0 Å². The maximum Gasteiger partial charge on any atom is 0.115 e. The molecule has 0 spiro atoms. The van der Waals surface area contributed by atoms with Gasteiger partial charge in [0.1, 0.15) is 17.2 Å². The highest BCUT2D eigenvalue weighted by Gasteiger charge is 1.76. The summed E-state index contributed by atoms with van der Waals surface area (Å²) in [4.78, 5) is 0. The number of hydrogen-bond donors (Lipinski definition) is 3. The van der Waals surface area contributed by atoms with Crippen molar-refractivity contribution in [3.8, 4) is 17.2 Å². The highest BCUT2D eigenvalue weighted by atomic mass is 16.3. The summed E-state index contributed by atoms with van der Waals surface area (Å²) in [6.45, 7) is 20.8. The molecule has 0 heterocycles. The first-order chi connectivity index (χ1) is 18.0. The SMILES string of the molecule is CC.CC.CC.CCCCC.CCCCC.Oc1ccccc1.Oc1ccccc1.Oc1ccccc1. The van der Waals surface area contributed by atoms with E-state index in [1.807, 2.05) is 59.7 Å². The van der Waals surface area contributed by atoms with Crippen LogP contribution in [0.15, 0.2) is 91.0 Å². The quantitative estimate of drug-likeness (QED) is 0.323. The van der Waals surface area contributed by atoms with E-state index in [0.717, 1.165) is 0 Å². The molecule has 3 aromatic rings. The third-order valence-corrected chi connectivity index (χ3v) is 3.68. The van der Waals surface area contributed by atoms with E-state index in [9.17, 15) is 0 Å². The standard InChI is InChI=1S/3C6H6O.2C5H12.3C2H6/c3*7-6-4-2-1-3-5-6;2*1-3-5-4-2;3*1-2/h3*1-5,7H;2*3-5H2,1-2H3;3*1-2H3. The largest absolute Gasteiger partial charge is 0.508 e. The molecule has 0 saturated heterocycles. The van der Waals surface area contributed by atoms with E-state index in [2.05, 4.69) is 27.7 Å². The van der Waals surface area contributed by atoms with E-state index in [1.54, 1.807) is 72.8 Å². The van der Waals surface area contributed by atoms with Crippen molar-refractivity contribution in [2.45, 2.75) is 108 Å². The fraction of sp³-hybridized carbons (Fsp3) is 0.471. The maximum absolute atomic E-state index is 8.63. The third-order valence-electron chi connectivity index (χ3n) is 3.68. The van der Waals surface area contributed by atoms with E-state index in [4.69, 9.17) is 15.3 Å². The van der Waals surface area contributed by atoms with E-state index in [0.29, 0.717) is 17.2 Å². The minimum Gasteiger partial charge on any atom is -0.508 e. The molecule has 0 radical (unpaired) electrons. The van der Waals surface area contributed by atoms with Gasteiger partial charge in [0.2, 0.25) is 0 Å². The number of aromatic hydroxyl groups is 3. The molecule has 0 amide bonds. The van der Waals surface area contributed by atoms with Gasteiger partial charge in [0.15, 0.2) is 0 Å². The van der Waals surface area contributed by atoms with Crippen molar-refractivity contribution < 1.29 is 15.3 Å². The van der Waals surface area contributed by atoms with Crippen molar-refractivity contribution >= 4 is 0 Å². The Bertz CT molecular complexity index is 572.